The molecule has 5 heteroatoms. The van der Waals surface area contributed by atoms with E-state index >= 15 is 0 Å². The molecule has 3 aromatic carbocycles. The Balaban J connectivity index is 1.51. The van der Waals surface area contributed by atoms with Crippen molar-refractivity contribution < 1.29 is 4.79 Å². The van der Waals surface area contributed by atoms with E-state index in [0.717, 1.165) is 35.5 Å². The van der Waals surface area contributed by atoms with Crippen molar-refractivity contribution in [2.24, 2.45) is 0 Å². The molecular formula is C26H25N3O2. The largest absolute Gasteiger partial charge is 0.370 e. The zero-order chi connectivity index (χ0) is 21.2. The van der Waals surface area contributed by atoms with Crippen molar-refractivity contribution in [3.05, 3.63) is 83.0 Å². The molecule has 5 nitrogen and oxygen atoms in total. The van der Waals surface area contributed by atoms with E-state index < -0.39 is 0 Å². The number of amides is 1. The van der Waals surface area contributed by atoms with E-state index in [2.05, 4.69) is 16.3 Å². The maximum Gasteiger partial charge on any atom is 0.244 e. The number of rotatable bonds is 4. The van der Waals surface area contributed by atoms with E-state index in [1.807, 2.05) is 71.3 Å². The van der Waals surface area contributed by atoms with Crippen LogP contribution in [-0.2, 0) is 11.3 Å². The van der Waals surface area contributed by atoms with Crippen LogP contribution in [0, 0.1) is 0 Å². The first-order valence-electron chi connectivity index (χ1n) is 10.9. The van der Waals surface area contributed by atoms with Crippen LogP contribution in [0.1, 0.15) is 19.3 Å². The van der Waals surface area contributed by atoms with Gasteiger partial charge in [0.1, 0.15) is 6.54 Å². The monoisotopic (exact) mass is 411 g/mol. The van der Waals surface area contributed by atoms with E-state index in [9.17, 15) is 9.59 Å². The van der Waals surface area contributed by atoms with Gasteiger partial charge in [0.25, 0.3) is 0 Å². The fourth-order valence-electron chi connectivity index (χ4n) is 4.57. The normalized spacial score (nSPS) is 14.1. The first-order chi connectivity index (χ1) is 15.2. The van der Waals surface area contributed by atoms with Crippen LogP contribution < -0.4 is 15.6 Å². The Bertz CT molecular complexity index is 1260. The van der Waals surface area contributed by atoms with Crippen LogP contribution in [0.15, 0.2) is 77.6 Å². The summed E-state index contributed by atoms with van der Waals surface area (Å²) in [6.07, 6.45) is 3.62. The van der Waals surface area contributed by atoms with E-state index in [1.54, 1.807) is 0 Å². The minimum absolute atomic E-state index is 0.00157. The third-order valence-electron chi connectivity index (χ3n) is 6.06. The Kier molecular flexibility index (Phi) is 5.16. The summed E-state index contributed by atoms with van der Waals surface area (Å²) < 4.78 is 1.94. The fraction of sp³-hybridized carbons (Fsp3) is 0.231. The Morgan fingerprint density at radius 3 is 2.03 bits per heavy atom. The molecule has 0 bridgehead atoms. The predicted molar refractivity (Wildman–Crippen MR) is 127 cm³/mol. The molecule has 0 spiro atoms. The van der Waals surface area contributed by atoms with E-state index in [1.165, 1.54) is 19.3 Å². The van der Waals surface area contributed by atoms with Gasteiger partial charge in [-0.2, -0.15) is 0 Å². The van der Waals surface area contributed by atoms with Crippen molar-refractivity contribution in [3.63, 3.8) is 0 Å². The molecule has 0 atom stereocenters. The van der Waals surface area contributed by atoms with E-state index in [4.69, 9.17) is 0 Å². The first kappa shape index (κ1) is 19.4. The second kappa shape index (κ2) is 8.26. The number of nitrogens with zero attached hydrogens (tertiary/aromatic N) is 2. The molecule has 0 radical (unpaired) electrons. The van der Waals surface area contributed by atoms with Gasteiger partial charge in [0, 0.05) is 23.9 Å². The van der Waals surface area contributed by atoms with Gasteiger partial charge in [0.2, 0.25) is 5.91 Å². The number of carbonyl (C=O) groups is 1. The van der Waals surface area contributed by atoms with Gasteiger partial charge >= 0.3 is 0 Å². The average Bonchev–Trinajstić information content (AvgIpc) is 2.83. The molecule has 31 heavy (non-hydrogen) atoms. The van der Waals surface area contributed by atoms with Crippen LogP contribution in [0.3, 0.4) is 0 Å². The first-order valence-corrected chi connectivity index (χ1v) is 10.9. The molecule has 1 aromatic heterocycles. The van der Waals surface area contributed by atoms with Crippen molar-refractivity contribution in [1.82, 2.24) is 4.57 Å². The summed E-state index contributed by atoms with van der Waals surface area (Å²) in [7, 11) is 0. The summed E-state index contributed by atoms with van der Waals surface area (Å²) >= 11 is 0. The van der Waals surface area contributed by atoms with Crippen LogP contribution in [0.5, 0.6) is 0 Å². The lowest BCUT2D eigenvalue weighted by Gasteiger charge is -2.30. The molecule has 4 aromatic rings. The van der Waals surface area contributed by atoms with Gasteiger partial charge in [-0.05, 0) is 55.7 Å². The highest BCUT2D eigenvalue weighted by atomic mass is 16.2. The molecule has 5 rings (SSSR count). The van der Waals surface area contributed by atoms with E-state index in [-0.39, 0.29) is 17.9 Å². The smallest absolute Gasteiger partial charge is 0.244 e. The maximum absolute atomic E-state index is 13.2. The van der Waals surface area contributed by atoms with Gasteiger partial charge in [-0.3, -0.25) is 9.59 Å². The van der Waals surface area contributed by atoms with E-state index in [0.29, 0.717) is 10.8 Å². The summed E-state index contributed by atoms with van der Waals surface area (Å²) in [4.78, 5) is 28.4. The quantitative estimate of drug-likeness (QED) is 0.492. The number of carbonyl (C=O) groups excluding carboxylic acids is 1. The standard InChI is InChI=1S/C26H25N3O2/c30-25(27-21-12-4-7-15-24(21)28-16-8-1-9-17-28)18-29-22-13-5-2-10-19(22)26(31)20-11-3-6-14-23(20)29/h2-7,10-15H,1,8-9,16-18H2,(H,27,30). The van der Waals surface area contributed by atoms with Crippen LogP contribution in [0.4, 0.5) is 11.4 Å². The minimum Gasteiger partial charge on any atom is -0.370 e. The molecule has 1 aliphatic heterocycles. The molecule has 0 unspecified atom stereocenters. The third-order valence-corrected chi connectivity index (χ3v) is 6.06. The van der Waals surface area contributed by atoms with Crippen LogP contribution in [-0.4, -0.2) is 23.6 Å². The molecule has 2 heterocycles. The van der Waals surface area contributed by atoms with Crippen molar-refractivity contribution in [2.45, 2.75) is 25.8 Å². The second-order valence-corrected chi connectivity index (χ2v) is 8.06. The van der Waals surface area contributed by atoms with Gasteiger partial charge in [-0.25, -0.2) is 0 Å². The molecule has 0 saturated carbocycles. The lowest BCUT2D eigenvalue weighted by molar-refractivity contribution is -0.116. The number of piperidine rings is 1. The third kappa shape index (κ3) is 3.67. The summed E-state index contributed by atoms with van der Waals surface area (Å²) in [6.45, 7) is 2.17. The highest BCUT2D eigenvalue weighted by Gasteiger charge is 2.17. The number of pyridine rings is 1. The summed E-state index contributed by atoms with van der Waals surface area (Å²) in [5.41, 5.74) is 3.45. The van der Waals surface area contributed by atoms with Crippen molar-refractivity contribution in [1.29, 1.82) is 0 Å². The number of hydrogen-bond donors (Lipinski definition) is 1. The van der Waals surface area contributed by atoms with Crippen LogP contribution >= 0.6 is 0 Å². The molecule has 156 valence electrons. The molecule has 1 aliphatic rings. The van der Waals surface area contributed by atoms with Crippen LogP contribution in [0.25, 0.3) is 21.8 Å². The Morgan fingerprint density at radius 1 is 0.774 bits per heavy atom. The number of hydrogen-bond acceptors (Lipinski definition) is 3. The molecular weight excluding hydrogens is 386 g/mol. The van der Waals surface area contributed by atoms with Gasteiger partial charge in [-0.1, -0.05) is 36.4 Å². The number of para-hydroxylation sites is 4. The van der Waals surface area contributed by atoms with Gasteiger partial charge in [-0.15, -0.1) is 0 Å². The lowest BCUT2D eigenvalue weighted by Crippen LogP contribution is -2.30. The average molecular weight is 412 g/mol. The molecule has 1 amide bonds. The molecule has 0 aliphatic carbocycles. The number of fused-ring (bicyclic) bond motifs is 2. The number of nitrogens with one attached hydrogen (secondary N) is 1. The van der Waals surface area contributed by atoms with Crippen molar-refractivity contribution >= 4 is 39.1 Å². The summed E-state index contributed by atoms with van der Waals surface area (Å²) in [5.74, 6) is -0.108. The predicted octanol–water partition coefficient (Wildman–Crippen LogP) is 4.78. The van der Waals surface area contributed by atoms with Gasteiger partial charge in [0.05, 0.1) is 22.4 Å². The summed E-state index contributed by atoms with van der Waals surface area (Å²) in [5, 5.41) is 4.38. The zero-order valence-electron chi connectivity index (χ0n) is 17.4. The fourth-order valence-corrected chi connectivity index (χ4v) is 4.57. The summed E-state index contributed by atoms with van der Waals surface area (Å²) in [6, 6.07) is 23.0. The topological polar surface area (TPSA) is 54.3 Å². The molecule has 1 N–H and O–H groups in total. The highest BCUT2D eigenvalue weighted by Crippen LogP contribution is 2.28. The van der Waals surface area contributed by atoms with Crippen molar-refractivity contribution in [3.8, 4) is 0 Å². The Morgan fingerprint density at radius 2 is 1.35 bits per heavy atom. The Labute approximate surface area is 180 Å². The zero-order valence-corrected chi connectivity index (χ0v) is 17.4. The number of benzene rings is 3. The number of aromatic nitrogens is 1. The molecule has 1 saturated heterocycles. The van der Waals surface area contributed by atoms with Crippen molar-refractivity contribution in [2.75, 3.05) is 23.3 Å². The SMILES string of the molecule is O=C(Cn1c2ccccc2c(=O)c2ccccc21)Nc1ccccc1N1CCCCC1. The number of anilines is 2. The lowest BCUT2D eigenvalue weighted by atomic mass is 10.1. The Hall–Kier alpha value is -3.60. The highest BCUT2D eigenvalue weighted by molar-refractivity contribution is 5.98. The minimum atomic E-state index is -0.108. The molecule has 1 fully saturated rings. The van der Waals surface area contributed by atoms with Gasteiger partial charge in [0.15, 0.2) is 5.43 Å². The maximum atomic E-state index is 13.2. The second-order valence-electron chi connectivity index (χ2n) is 8.06. The van der Waals surface area contributed by atoms with Crippen LogP contribution in [0.2, 0.25) is 0 Å². The van der Waals surface area contributed by atoms with Gasteiger partial charge < -0.3 is 14.8 Å².